The molecule has 0 aromatic carbocycles. The van der Waals surface area contributed by atoms with Gasteiger partial charge in [-0.3, -0.25) is 10.7 Å². The van der Waals surface area contributed by atoms with E-state index < -0.39 is 29.3 Å². The Kier molecular flexibility index (Phi) is 7.31. The highest BCUT2D eigenvalue weighted by molar-refractivity contribution is 5.99. The summed E-state index contributed by atoms with van der Waals surface area (Å²) in [7, 11) is 0. The number of hydrogen-bond donors (Lipinski definition) is 3. The number of carbonyl (C=O) groups is 2. The lowest BCUT2D eigenvalue weighted by Gasteiger charge is -2.28. The number of ether oxygens (including phenoxy) is 2. The summed E-state index contributed by atoms with van der Waals surface area (Å²) in [6.45, 7) is 10.0. The van der Waals surface area contributed by atoms with Gasteiger partial charge in [0.05, 0.1) is 0 Å². The van der Waals surface area contributed by atoms with Crippen LogP contribution >= 0.6 is 0 Å². The van der Waals surface area contributed by atoms with Crippen molar-refractivity contribution in [3.63, 3.8) is 0 Å². The number of guanidine groups is 1. The number of alkyl carbamates (subject to hydrolysis) is 1. The first-order chi connectivity index (χ1) is 9.85. The van der Waals surface area contributed by atoms with E-state index in [2.05, 4.69) is 5.32 Å². The summed E-state index contributed by atoms with van der Waals surface area (Å²) in [6, 6.07) is 0. The Hall–Kier alpha value is -1.83. The van der Waals surface area contributed by atoms with Crippen molar-refractivity contribution in [2.24, 2.45) is 0 Å². The lowest BCUT2D eigenvalue weighted by Crippen LogP contribution is -2.49. The van der Waals surface area contributed by atoms with Crippen molar-refractivity contribution in [2.45, 2.75) is 59.2 Å². The van der Waals surface area contributed by atoms with E-state index in [0.29, 0.717) is 0 Å². The van der Waals surface area contributed by atoms with E-state index >= 15 is 0 Å². The second-order valence-electron chi connectivity index (χ2n) is 6.68. The predicted octanol–water partition coefficient (Wildman–Crippen LogP) is 2.07. The highest BCUT2D eigenvalue weighted by Gasteiger charge is 2.27. The van der Waals surface area contributed by atoms with Crippen LogP contribution in [0, 0.1) is 5.41 Å². The van der Waals surface area contributed by atoms with Gasteiger partial charge in [0, 0.05) is 13.2 Å². The molecule has 0 aromatic rings. The number of nitrogens with zero attached hydrogens (tertiary/aromatic N) is 1. The summed E-state index contributed by atoms with van der Waals surface area (Å²) < 4.78 is 10.2. The molecule has 8 nitrogen and oxygen atoms in total. The van der Waals surface area contributed by atoms with Gasteiger partial charge in [-0.05, 0) is 48.0 Å². The average molecular weight is 317 g/mol. The first-order valence-electron chi connectivity index (χ1n) is 7.05. The van der Waals surface area contributed by atoms with Crippen molar-refractivity contribution in [3.8, 4) is 0 Å². The molecule has 0 bridgehead atoms. The molecule has 0 saturated carbocycles. The molecule has 0 heterocycles. The second-order valence-corrected chi connectivity index (χ2v) is 6.68. The van der Waals surface area contributed by atoms with Crippen LogP contribution in [0.4, 0.5) is 9.59 Å². The van der Waals surface area contributed by atoms with Gasteiger partial charge >= 0.3 is 12.2 Å². The first kappa shape index (κ1) is 20.2. The van der Waals surface area contributed by atoms with Crippen LogP contribution in [-0.4, -0.2) is 52.5 Å². The quantitative estimate of drug-likeness (QED) is 0.545. The third kappa shape index (κ3) is 9.17. The third-order valence-electron chi connectivity index (χ3n) is 2.04. The summed E-state index contributed by atoms with van der Waals surface area (Å²) in [4.78, 5) is 24.7. The minimum atomic E-state index is -0.838. The molecule has 22 heavy (non-hydrogen) atoms. The molecule has 0 radical (unpaired) electrons. The molecule has 128 valence electrons. The fourth-order valence-electron chi connectivity index (χ4n) is 1.31. The van der Waals surface area contributed by atoms with Crippen LogP contribution < -0.4 is 5.32 Å². The van der Waals surface area contributed by atoms with Crippen LogP contribution in [0.25, 0.3) is 0 Å². The summed E-state index contributed by atoms with van der Waals surface area (Å²) in [5.74, 6) is -0.461. The number of aliphatic hydroxyl groups excluding tert-OH is 1. The van der Waals surface area contributed by atoms with E-state index in [4.69, 9.17) is 20.0 Å². The van der Waals surface area contributed by atoms with Gasteiger partial charge < -0.3 is 14.6 Å². The van der Waals surface area contributed by atoms with Gasteiger partial charge in [-0.1, -0.05) is 0 Å². The number of rotatable bonds is 3. The number of amides is 2. The molecule has 8 heteroatoms. The van der Waals surface area contributed by atoms with Crippen LogP contribution in [0.1, 0.15) is 48.0 Å². The van der Waals surface area contributed by atoms with Gasteiger partial charge in [0.25, 0.3) is 0 Å². The van der Waals surface area contributed by atoms with Crippen LogP contribution in [-0.2, 0) is 9.47 Å². The van der Waals surface area contributed by atoms with Gasteiger partial charge in [-0.2, -0.15) is 0 Å². The van der Waals surface area contributed by atoms with Gasteiger partial charge in [-0.25, -0.2) is 14.5 Å². The molecule has 0 fully saturated rings. The van der Waals surface area contributed by atoms with Crippen molar-refractivity contribution in [3.05, 3.63) is 0 Å². The summed E-state index contributed by atoms with van der Waals surface area (Å²) in [5.41, 5.74) is -1.45. The highest BCUT2D eigenvalue weighted by atomic mass is 16.6. The smallest absolute Gasteiger partial charge is 0.417 e. The van der Waals surface area contributed by atoms with E-state index in [1.165, 1.54) is 0 Å². The lowest BCUT2D eigenvalue weighted by atomic mass is 10.2. The van der Waals surface area contributed by atoms with Gasteiger partial charge in [0.2, 0.25) is 5.96 Å². The lowest BCUT2D eigenvalue weighted by molar-refractivity contribution is 0.0351. The van der Waals surface area contributed by atoms with Crippen molar-refractivity contribution >= 4 is 18.1 Å². The molecule has 0 atom stereocenters. The van der Waals surface area contributed by atoms with Gasteiger partial charge in [0.1, 0.15) is 11.2 Å². The molecular weight excluding hydrogens is 290 g/mol. The Morgan fingerprint density at radius 1 is 1.09 bits per heavy atom. The minimum Gasteiger partial charge on any atom is -0.444 e. The van der Waals surface area contributed by atoms with Crippen LogP contribution in [0.2, 0.25) is 0 Å². The molecule has 0 spiro atoms. The number of aliphatic hydroxyl groups is 1. The maximum absolute atomic E-state index is 12.1. The highest BCUT2D eigenvalue weighted by Crippen LogP contribution is 2.11. The van der Waals surface area contributed by atoms with E-state index in [1.807, 2.05) is 0 Å². The zero-order valence-electron chi connectivity index (χ0n) is 14.1. The summed E-state index contributed by atoms with van der Waals surface area (Å²) in [6.07, 6.45) is -1.37. The molecule has 2 amide bonds. The van der Waals surface area contributed by atoms with Crippen molar-refractivity contribution in [1.29, 1.82) is 5.41 Å². The molecule has 0 saturated heterocycles. The number of carbonyl (C=O) groups excluding carboxylic acids is 2. The fraction of sp³-hybridized carbons (Fsp3) is 0.786. The van der Waals surface area contributed by atoms with Crippen molar-refractivity contribution in [1.82, 2.24) is 10.2 Å². The monoisotopic (exact) mass is 317 g/mol. The average Bonchev–Trinajstić information content (AvgIpc) is 2.23. The van der Waals surface area contributed by atoms with Crippen LogP contribution in [0.3, 0.4) is 0 Å². The maximum atomic E-state index is 12.1. The van der Waals surface area contributed by atoms with Crippen molar-refractivity contribution < 1.29 is 24.2 Å². The minimum absolute atomic E-state index is 0.0417. The largest absolute Gasteiger partial charge is 0.444 e. The van der Waals surface area contributed by atoms with E-state index in [1.54, 1.807) is 41.5 Å². The Balaban J connectivity index is 4.84. The van der Waals surface area contributed by atoms with E-state index in [0.717, 1.165) is 4.90 Å². The molecule has 0 unspecified atom stereocenters. The summed E-state index contributed by atoms with van der Waals surface area (Å²) >= 11 is 0. The molecule has 0 aliphatic rings. The van der Waals surface area contributed by atoms with Crippen LogP contribution in [0.5, 0.6) is 0 Å². The summed E-state index contributed by atoms with van der Waals surface area (Å²) in [5, 5.41) is 18.9. The molecule has 0 aromatic heterocycles. The zero-order valence-corrected chi connectivity index (χ0v) is 14.1. The Labute approximate surface area is 131 Å². The Morgan fingerprint density at radius 2 is 1.59 bits per heavy atom. The maximum Gasteiger partial charge on any atom is 0.417 e. The Bertz CT molecular complexity index is 410. The van der Waals surface area contributed by atoms with E-state index in [9.17, 15) is 9.59 Å². The first-order valence-corrected chi connectivity index (χ1v) is 7.05. The van der Waals surface area contributed by atoms with Gasteiger partial charge in [-0.15, -0.1) is 0 Å². The van der Waals surface area contributed by atoms with Gasteiger partial charge in [0.15, 0.2) is 0 Å². The fourth-order valence-corrected chi connectivity index (χ4v) is 1.31. The number of nitrogens with one attached hydrogen (secondary N) is 2. The molecular formula is C14H27N3O5. The predicted molar refractivity (Wildman–Crippen MR) is 81.7 cm³/mol. The van der Waals surface area contributed by atoms with Crippen molar-refractivity contribution in [2.75, 3.05) is 13.2 Å². The molecule has 3 N–H and O–H groups in total. The molecule has 0 aliphatic carbocycles. The topological polar surface area (TPSA) is 112 Å². The second kappa shape index (κ2) is 7.98. The standard InChI is InChI=1S/C14H27N3O5/c1-13(2,3)21-11(19)16-10(15)17(8-7-9-18)12(20)22-14(4,5)6/h18H,7-9H2,1-6H3,(H2,15,16,19). The molecule has 0 aliphatic heterocycles. The van der Waals surface area contributed by atoms with E-state index in [-0.39, 0.29) is 19.6 Å². The SMILES string of the molecule is CC(C)(C)OC(=O)NC(=N)N(CCCO)C(=O)OC(C)(C)C. The van der Waals surface area contributed by atoms with Crippen LogP contribution in [0.15, 0.2) is 0 Å². The third-order valence-corrected chi connectivity index (χ3v) is 2.04. The zero-order chi connectivity index (χ0) is 17.6. The molecule has 0 rings (SSSR count). The normalized spacial score (nSPS) is 11.6. The number of hydrogen-bond acceptors (Lipinski definition) is 6. The Morgan fingerprint density at radius 3 is 2.00 bits per heavy atom.